The van der Waals surface area contributed by atoms with Crippen LogP contribution in [0.5, 0.6) is 0 Å². The molecule has 0 aliphatic carbocycles. The molecule has 0 bridgehead atoms. The molecule has 10 heteroatoms. The van der Waals surface area contributed by atoms with Gasteiger partial charge in [-0.2, -0.15) is 0 Å². The first kappa shape index (κ1) is 37.2. The van der Waals surface area contributed by atoms with E-state index in [1.165, 1.54) is 5.56 Å². The van der Waals surface area contributed by atoms with Crippen LogP contribution in [0.2, 0.25) is 0 Å². The molecule has 2 amide bonds. The molecule has 4 aromatic rings. The SMILES string of the molecule is Nc1ccccc1NC(=O)CCCCC(=O)NCc1ccc([C@@H]2O[C@H](CN3CCN(Cc4ccccc4)CC3)C[C@H](c3ccc(CO)cc3)O2)cc1. The Morgan fingerprint density at radius 3 is 2.06 bits per heavy atom. The third-order valence-corrected chi connectivity index (χ3v) is 9.82. The summed E-state index contributed by atoms with van der Waals surface area (Å²) >= 11 is 0. The molecule has 5 N–H and O–H groups in total. The highest BCUT2D eigenvalue weighted by atomic mass is 16.7. The summed E-state index contributed by atoms with van der Waals surface area (Å²) in [6.07, 6.45) is 1.98. The van der Waals surface area contributed by atoms with Crippen LogP contribution in [0.1, 0.15) is 72.3 Å². The molecular weight excluding hydrogens is 654 g/mol. The second-order valence-electron chi connectivity index (χ2n) is 13.8. The quantitative estimate of drug-likeness (QED) is 0.0884. The van der Waals surface area contributed by atoms with Gasteiger partial charge in [0, 0.05) is 70.6 Å². The van der Waals surface area contributed by atoms with Crippen LogP contribution in [-0.4, -0.2) is 65.5 Å². The number of piperazine rings is 1. The van der Waals surface area contributed by atoms with Gasteiger partial charge in [0.25, 0.3) is 0 Å². The van der Waals surface area contributed by atoms with Crippen molar-refractivity contribution < 1.29 is 24.2 Å². The van der Waals surface area contributed by atoms with Gasteiger partial charge in [-0.25, -0.2) is 0 Å². The number of benzene rings is 4. The second kappa shape index (κ2) is 18.8. The van der Waals surface area contributed by atoms with Crippen LogP contribution in [0.4, 0.5) is 11.4 Å². The number of nitrogens with two attached hydrogens (primary N) is 1. The lowest BCUT2D eigenvalue weighted by molar-refractivity contribution is -0.253. The van der Waals surface area contributed by atoms with Gasteiger partial charge in [0.05, 0.1) is 30.2 Å². The van der Waals surface area contributed by atoms with E-state index in [0.29, 0.717) is 43.6 Å². The number of nitrogen functional groups attached to an aromatic ring is 1. The summed E-state index contributed by atoms with van der Waals surface area (Å²) in [7, 11) is 0. The van der Waals surface area contributed by atoms with Crippen molar-refractivity contribution in [1.29, 1.82) is 0 Å². The van der Waals surface area contributed by atoms with Crippen LogP contribution in [-0.2, 0) is 38.8 Å². The van der Waals surface area contributed by atoms with Crippen molar-refractivity contribution in [2.24, 2.45) is 0 Å². The van der Waals surface area contributed by atoms with Gasteiger partial charge in [-0.1, -0.05) is 91.0 Å². The lowest BCUT2D eigenvalue weighted by Gasteiger charge is -2.40. The maximum atomic E-state index is 12.5. The topological polar surface area (TPSA) is 129 Å². The Bertz CT molecular complexity index is 1710. The van der Waals surface area contributed by atoms with Crippen LogP contribution in [0, 0.1) is 0 Å². The number of aliphatic hydroxyl groups is 1. The van der Waals surface area contributed by atoms with Crippen molar-refractivity contribution in [1.82, 2.24) is 15.1 Å². The van der Waals surface area contributed by atoms with E-state index in [1.807, 2.05) is 60.7 Å². The first-order chi connectivity index (χ1) is 25.4. The van der Waals surface area contributed by atoms with Gasteiger partial charge in [-0.05, 0) is 47.2 Å². The number of ether oxygens (including phenoxy) is 2. The maximum absolute atomic E-state index is 12.5. The zero-order valence-electron chi connectivity index (χ0n) is 29.8. The van der Waals surface area contributed by atoms with Crippen molar-refractivity contribution in [3.63, 3.8) is 0 Å². The summed E-state index contributed by atoms with van der Waals surface area (Å²) < 4.78 is 13.2. The van der Waals surface area contributed by atoms with Crippen molar-refractivity contribution in [3.8, 4) is 0 Å². The summed E-state index contributed by atoms with van der Waals surface area (Å²) in [6.45, 7) is 6.26. The smallest absolute Gasteiger partial charge is 0.224 e. The van der Waals surface area contributed by atoms with E-state index in [2.05, 4.69) is 50.8 Å². The Hall–Kier alpha value is -4.58. The Labute approximate surface area is 306 Å². The molecule has 2 saturated heterocycles. The summed E-state index contributed by atoms with van der Waals surface area (Å²) in [4.78, 5) is 29.8. The summed E-state index contributed by atoms with van der Waals surface area (Å²) in [6, 6.07) is 33.8. The third kappa shape index (κ3) is 11.0. The predicted octanol–water partition coefficient (Wildman–Crippen LogP) is 5.94. The van der Waals surface area contributed by atoms with E-state index < -0.39 is 6.29 Å². The van der Waals surface area contributed by atoms with Crippen LogP contribution in [0.25, 0.3) is 0 Å². The number of hydrogen-bond donors (Lipinski definition) is 4. The minimum atomic E-state index is -0.528. The Morgan fingerprint density at radius 1 is 0.712 bits per heavy atom. The van der Waals surface area contributed by atoms with Gasteiger partial charge in [-0.15, -0.1) is 0 Å². The number of unbranched alkanes of at least 4 members (excludes halogenated alkanes) is 1. The molecule has 2 fully saturated rings. The number of carbonyl (C=O) groups excluding carboxylic acids is 2. The van der Waals surface area contributed by atoms with E-state index in [-0.39, 0.29) is 30.6 Å². The molecule has 3 atom stereocenters. The number of rotatable bonds is 15. The summed E-state index contributed by atoms with van der Waals surface area (Å²) in [5.74, 6) is -0.159. The molecule has 10 nitrogen and oxygen atoms in total. The lowest BCUT2D eigenvalue weighted by atomic mass is 9.99. The number of para-hydroxylation sites is 2. The first-order valence-electron chi connectivity index (χ1n) is 18.4. The molecule has 6 rings (SSSR count). The van der Waals surface area contributed by atoms with E-state index in [0.717, 1.165) is 67.9 Å². The van der Waals surface area contributed by atoms with E-state index >= 15 is 0 Å². The van der Waals surface area contributed by atoms with Crippen molar-refractivity contribution >= 4 is 23.2 Å². The zero-order valence-corrected chi connectivity index (χ0v) is 29.8. The number of carbonyl (C=O) groups is 2. The summed E-state index contributed by atoms with van der Waals surface area (Å²) in [5, 5.41) is 15.4. The number of hydrogen-bond acceptors (Lipinski definition) is 8. The number of nitrogens with zero attached hydrogens (tertiary/aromatic N) is 2. The average Bonchev–Trinajstić information content (AvgIpc) is 3.18. The fourth-order valence-corrected chi connectivity index (χ4v) is 6.77. The largest absolute Gasteiger partial charge is 0.397 e. The number of aliphatic hydroxyl groups excluding tert-OH is 1. The van der Waals surface area contributed by atoms with Crippen molar-refractivity contribution in [2.75, 3.05) is 43.8 Å². The molecule has 2 aliphatic rings. The average molecular weight is 706 g/mol. The van der Waals surface area contributed by atoms with Gasteiger partial charge in [0.1, 0.15) is 0 Å². The third-order valence-electron chi connectivity index (χ3n) is 9.82. The molecule has 52 heavy (non-hydrogen) atoms. The number of anilines is 2. The highest BCUT2D eigenvalue weighted by Gasteiger charge is 2.33. The van der Waals surface area contributed by atoms with Crippen molar-refractivity contribution in [3.05, 3.63) is 131 Å². The zero-order chi connectivity index (χ0) is 36.1. The van der Waals surface area contributed by atoms with Crippen LogP contribution in [0.15, 0.2) is 103 Å². The van der Waals surface area contributed by atoms with E-state index in [9.17, 15) is 14.7 Å². The summed E-state index contributed by atoms with van der Waals surface area (Å²) in [5.41, 5.74) is 12.2. The van der Waals surface area contributed by atoms with Gasteiger partial charge in [-0.3, -0.25) is 19.4 Å². The van der Waals surface area contributed by atoms with Gasteiger partial charge < -0.3 is 30.9 Å². The van der Waals surface area contributed by atoms with Gasteiger partial charge >= 0.3 is 0 Å². The molecule has 2 aliphatic heterocycles. The maximum Gasteiger partial charge on any atom is 0.224 e. The number of amides is 2. The van der Waals surface area contributed by atoms with Crippen LogP contribution >= 0.6 is 0 Å². The fraction of sp³-hybridized carbons (Fsp3) is 0.381. The standard InChI is InChI=1S/C42H51N5O5/c43-37-10-4-5-11-38(37)45-41(50)13-7-6-12-40(49)44-27-31-14-20-35(21-15-31)42-51-36(26-39(52-42)34-18-16-33(30-48)17-19-34)29-47-24-22-46(23-25-47)28-32-8-2-1-3-9-32/h1-5,8-11,14-21,36,39,42,48H,6-7,12-13,22-30,43H2,(H,44,49)(H,45,50)/t36-,39+,42+/m0/s1. The molecule has 0 spiro atoms. The molecular formula is C42H51N5O5. The number of nitrogens with one attached hydrogen (secondary N) is 2. The normalized spacial score (nSPS) is 19.6. The lowest BCUT2D eigenvalue weighted by Crippen LogP contribution is -2.49. The Morgan fingerprint density at radius 2 is 1.35 bits per heavy atom. The molecule has 0 unspecified atom stereocenters. The molecule has 0 aromatic heterocycles. The predicted molar refractivity (Wildman–Crippen MR) is 203 cm³/mol. The monoisotopic (exact) mass is 705 g/mol. The molecule has 2 heterocycles. The fourth-order valence-electron chi connectivity index (χ4n) is 6.77. The highest BCUT2D eigenvalue weighted by Crippen LogP contribution is 2.38. The molecule has 4 aromatic carbocycles. The minimum Gasteiger partial charge on any atom is -0.397 e. The van der Waals surface area contributed by atoms with E-state index in [1.54, 1.807) is 12.1 Å². The van der Waals surface area contributed by atoms with Gasteiger partial charge in [0.2, 0.25) is 11.8 Å². The van der Waals surface area contributed by atoms with Crippen LogP contribution in [0.3, 0.4) is 0 Å². The van der Waals surface area contributed by atoms with E-state index in [4.69, 9.17) is 15.2 Å². The molecule has 0 radical (unpaired) electrons. The molecule has 0 saturated carbocycles. The first-order valence-corrected chi connectivity index (χ1v) is 18.4. The van der Waals surface area contributed by atoms with Gasteiger partial charge in [0.15, 0.2) is 6.29 Å². The Kier molecular flexibility index (Phi) is 13.4. The Balaban J connectivity index is 0.982. The van der Waals surface area contributed by atoms with Crippen molar-refractivity contribution in [2.45, 2.75) is 70.3 Å². The minimum absolute atomic E-state index is 0.00733. The molecule has 274 valence electrons. The highest BCUT2D eigenvalue weighted by molar-refractivity contribution is 5.93. The second-order valence-corrected chi connectivity index (χ2v) is 13.8. The van der Waals surface area contributed by atoms with Crippen LogP contribution < -0.4 is 16.4 Å².